The largest absolute Gasteiger partial charge is 0.491 e. The second-order valence-corrected chi connectivity index (χ2v) is 4.37. The first kappa shape index (κ1) is 14.2. The lowest BCUT2D eigenvalue weighted by Gasteiger charge is -2.16. The Morgan fingerprint density at radius 3 is 2.40 bits per heavy atom. The van der Waals surface area contributed by atoms with Gasteiger partial charge in [-0.1, -0.05) is 0 Å². The molecule has 0 bridgehead atoms. The molecular weight excluding hydrogens is 272 g/mol. The number of carbonyl (C=O) groups is 2. The number of methoxy groups -OCH3 is 2. The highest BCUT2D eigenvalue weighted by Crippen LogP contribution is 2.33. The van der Waals surface area contributed by atoms with E-state index in [-0.39, 0.29) is 12.1 Å². The minimum Gasteiger partial charge on any atom is -0.491 e. The van der Waals surface area contributed by atoms with Gasteiger partial charge in [-0.05, 0) is 17.7 Å². The van der Waals surface area contributed by atoms with Crippen LogP contribution in [0.25, 0.3) is 0 Å². The van der Waals surface area contributed by atoms with Gasteiger partial charge in [-0.25, -0.2) is 8.78 Å². The van der Waals surface area contributed by atoms with Gasteiger partial charge in [0.05, 0.1) is 14.2 Å². The number of amides is 1. The lowest BCUT2D eigenvalue weighted by Crippen LogP contribution is -2.28. The normalized spacial score (nSPS) is 21.5. The van der Waals surface area contributed by atoms with Crippen molar-refractivity contribution in [1.82, 2.24) is 5.32 Å². The average Bonchev–Trinajstić information content (AvgIpc) is 2.79. The van der Waals surface area contributed by atoms with E-state index < -0.39 is 41.1 Å². The summed E-state index contributed by atoms with van der Waals surface area (Å²) in [7, 11) is 2.30. The molecule has 1 aliphatic heterocycles. The zero-order valence-electron chi connectivity index (χ0n) is 10.9. The summed E-state index contributed by atoms with van der Waals surface area (Å²) in [6.45, 7) is 0.115. The lowest BCUT2D eigenvalue weighted by atomic mass is 9.88. The summed E-state index contributed by atoms with van der Waals surface area (Å²) < 4.78 is 36.5. The molecule has 7 heteroatoms. The number of hydrogen-bond donors (Lipinski definition) is 1. The quantitative estimate of drug-likeness (QED) is 0.664. The van der Waals surface area contributed by atoms with Crippen LogP contribution in [-0.2, 0) is 14.3 Å². The molecule has 1 aromatic carbocycles. The molecule has 5 nitrogen and oxygen atoms in total. The van der Waals surface area contributed by atoms with Crippen molar-refractivity contribution in [3.63, 3.8) is 0 Å². The first-order chi connectivity index (χ1) is 9.49. The van der Waals surface area contributed by atoms with Crippen LogP contribution in [0.4, 0.5) is 8.78 Å². The van der Waals surface area contributed by atoms with Crippen LogP contribution < -0.4 is 10.1 Å². The first-order valence-electron chi connectivity index (χ1n) is 5.88. The Morgan fingerprint density at radius 1 is 1.30 bits per heavy atom. The summed E-state index contributed by atoms with van der Waals surface area (Å²) >= 11 is 0. The van der Waals surface area contributed by atoms with Gasteiger partial charge in [0.15, 0.2) is 17.4 Å². The van der Waals surface area contributed by atoms with Crippen molar-refractivity contribution in [2.24, 2.45) is 5.92 Å². The fourth-order valence-electron chi connectivity index (χ4n) is 2.32. The van der Waals surface area contributed by atoms with Gasteiger partial charge < -0.3 is 14.8 Å². The third-order valence-electron chi connectivity index (χ3n) is 3.29. The highest BCUT2D eigenvalue weighted by atomic mass is 19.1. The number of nitrogens with one attached hydrogen (secondary N) is 1. The van der Waals surface area contributed by atoms with E-state index in [1.165, 1.54) is 0 Å². The van der Waals surface area contributed by atoms with Crippen molar-refractivity contribution in [3.05, 3.63) is 29.3 Å². The van der Waals surface area contributed by atoms with E-state index >= 15 is 0 Å². The summed E-state index contributed by atoms with van der Waals surface area (Å²) in [6.07, 6.45) is 0. The van der Waals surface area contributed by atoms with Crippen molar-refractivity contribution in [2.45, 2.75) is 5.92 Å². The predicted molar refractivity (Wildman–Crippen MR) is 64.2 cm³/mol. The number of carbonyl (C=O) groups excluding carboxylic acids is 2. The van der Waals surface area contributed by atoms with E-state index in [9.17, 15) is 18.4 Å². The predicted octanol–water partition coefficient (Wildman–Crippen LogP) is 0.976. The molecule has 0 aromatic heterocycles. The van der Waals surface area contributed by atoms with Gasteiger partial charge in [0.1, 0.15) is 5.92 Å². The molecule has 1 aliphatic rings. The van der Waals surface area contributed by atoms with E-state index in [0.29, 0.717) is 0 Å². The number of ether oxygens (including phenoxy) is 2. The van der Waals surface area contributed by atoms with E-state index in [4.69, 9.17) is 0 Å². The van der Waals surface area contributed by atoms with Crippen LogP contribution in [0.3, 0.4) is 0 Å². The maximum absolute atomic E-state index is 13.7. The third kappa shape index (κ3) is 2.31. The van der Waals surface area contributed by atoms with Gasteiger partial charge in [-0.2, -0.15) is 0 Å². The fourth-order valence-corrected chi connectivity index (χ4v) is 2.32. The van der Waals surface area contributed by atoms with Gasteiger partial charge in [-0.15, -0.1) is 0 Å². The molecule has 0 spiro atoms. The molecule has 1 saturated heterocycles. The Balaban J connectivity index is 2.40. The molecule has 2 atom stereocenters. The zero-order valence-corrected chi connectivity index (χ0v) is 10.9. The van der Waals surface area contributed by atoms with E-state index in [1.54, 1.807) is 0 Å². The number of hydrogen-bond acceptors (Lipinski definition) is 4. The van der Waals surface area contributed by atoms with Crippen LogP contribution in [0.2, 0.25) is 0 Å². The maximum atomic E-state index is 13.7. The van der Waals surface area contributed by atoms with Crippen LogP contribution in [0.15, 0.2) is 12.1 Å². The van der Waals surface area contributed by atoms with Gasteiger partial charge in [0.2, 0.25) is 5.91 Å². The SMILES string of the molecule is COC(=O)C1C(=O)NCC1c1cc(F)c(OC)c(F)c1. The minimum absolute atomic E-state index is 0.115. The Hall–Kier alpha value is -2.18. The van der Waals surface area contributed by atoms with Crippen LogP contribution in [0, 0.1) is 17.6 Å². The Kier molecular flexibility index (Phi) is 3.87. The second-order valence-electron chi connectivity index (χ2n) is 4.37. The van der Waals surface area contributed by atoms with Crippen molar-refractivity contribution >= 4 is 11.9 Å². The smallest absolute Gasteiger partial charge is 0.318 e. The summed E-state index contributed by atoms with van der Waals surface area (Å²) in [5, 5.41) is 2.49. The fraction of sp³-hybridized carbons (Fsp3) is 0.385. The molecule has 20 heavy (non-hydrogen) atoms. The summed E-state index contributed by atoms with van der Waals surface area (Å²) in [6, 6.07) is 2.12. The molecule has 2 unspecified atom stereocenters. The average molecular weight is 285 g/mol. The van der Waals surface area contributed by atoms with Crippen molar-refractivity contribution in [1.29, 1.82) is 0 Å². The summed E-state index contributed by atoms with van der Waals surface area (Å²) in [5.74, 6) is -5.30. The highest BCUT2D eigenvalue weighted by Gasteiger charge is 2.42. The monoisotopic (exact) mass is 285 g/mol. The van der Waals surface area contributed by atoms with Gasteiger partial charge in [-0.3, -0.25) is 9.59 Å². The Bertz CT molecular complexity index is 538. The van der Waals surface area contributed by atoms with E-state index in [0.717, 1.165) is 26.4 Å². The van der Waals surface area contributed by atoms with E-state index in [2.05, 4.69) is 14.8 Å². The van der Waals surface area contributed by atoms with Gasteiger partial charge >= 0.3 is 5.97 Å². The molecule has 0 saturated carbocycles. The Labute approximate surface area is 113 Å². The molecule has 1 amide bonds. The van der Waals surface area contributed by atoms with Crippen LogP contribution in [0.1, 0.15) is 11.5 Å². The van der Waals surface area contributed by atoms with E-state index in [1.807, 2.05) is 0 Å². The topological polar surface area (TPSA) is 64.6 Å². The highest BCUT2D eigenvalue weighted by molar-refractivity contribution is 6.00. The third-order valence-corrected chi connectivity index (χ3v) is 3.29. The van der Waals surface area contributed by atoms with Crippen molar-refractivity contribution < 1.29 is 27.8 Å². The molecule has 1 fully saturated rings. The van der Waals surface area contributed by atoms with Crippen LogP contribution in [-0.4, -0.2) is 32.6 Å². The number of benzene rings is 1. The zero-order chi connectivity index (χ0) is 14.9. The second kappa shape index (κ2) is 5.44. The molecule has 1 heterocycles. The van der Waals surface area contributed by atoms with Gasteiger partial charge in [0, 0.05) is 12.5 Å². The molecule has 108 valence electrons. The lowest BCUT2D eigenvalue weighted by molar-refractivity contribution is -0.149. The van der Waals surface area contributed by atoms with Crippen LogP contribution >= 0.6 is 0 Å². The van der Waals surface area contributed by atoms with Crippen molar-refractivity contribution in [2.75, 3.05) is 20.8 Å². The minimum atomic E-state index is -1.10. The number of esters is 1. The molecule has 1 aromatic rings. The first-order valence-corrected chi connectivity index (χ1v) is 5.88. The van der Waals surface area contributed by atoms with Crippen LogP contribution in [0.5, 0.6) is 5.75 Å². The molecule has 0 aliphatic carbocycles. The number of rotatable bonds is 3. The van der Waals surface area contributed by atoms with Gasteiger partial charge in [0.25, 0.3) is 0 Å². The maximum Gasteiger partial charge on any atom is 0.318 e. The Morgan fingerprint density at radius 2 is 1.90 bits per heavy atom. The number of halogens is 2. The molecule has 2 rings (SSSR count). The molecule has 1 N–H and O–H groups in total. The molecule has 0 radical (unpaired) electrons. The molecular formula is C13H13F2NO4. The summed E-state index contributed by atoms with van der Waals surface area (Å²) in [5.41, 5.74) is 0.203. The summed E-state index contributed by atoms with van der Waals surface area (Å²) in [4.78, 5) is 23.2. The van der Waals surface area contributed by atoms with Crippen molar-refractivity contribution in [3.8, 4) is 5.75 Å². The standard InChI is InChI=1S/C13H13F2NO4/c1-19-11-8(14)3-6(4-9(11)15)7-5-16-12(17)10(7)13(18)20-2/h3-4,7,10H,5H2,1-2H3,(H,16,17).